The van der Waals surface area contributed by atoms with Crippen LogP contribution in [0.4, 0.5) is 0 Å². The lowest BCUT2D eigenvalue weighted by atomic mass is 10.1. The highest BCUT2D eigenvalue weighted by atomic mass is 35.5. The number of hydrogen-bond donors (Lipinski definition) is 0. The summed E-state index contributed by atoms with van der Waals surface area (Å²) in [5.74, 6) is 0.0946. The number of carbonyl (C=O) groups is 2. The van der Waals surface area contributed by atoms with Crippen LogP contribution in [0.3, 0.4) is 0 Å². The van der Waals surface area contributed by atoms with E-state index in [0.29, 0.717) is 43.2 Å². The van der Waals surface area contributed by atoms with Gasteiger partial charge in [0.05, 0.1) is 10.6 Å². The van der Waals surface area contributed by atoms with Crippen LogP contribution in [0.1, 0.15) is 34.3 Å². The second-order valence-electron chi connectivity index (χ2n) is 6.99. The highest BCUT2D eigenvalue weighted by Crippen LogP contribution is 2.18. The van der Waals surface area contributed by atoms with Gasteiger partial charge in [-0.2, -0.15) is 0 Å². The Labute approximate surface area is 165 Å². The molecule has 0 saturated carbocycles. The van der Waals surface area contributed by atoms with E-state index in [1.54, 1.807) is 17.0 Å². The number of rotatable bonds is 4. The summed E-state index contributed by atoms with van der Waals surface area (Å²) in [7, 11) is 0. The normalized spacial score (nSPS) is 14.7. The molecule has 0 unspecified atom stereocenters. The lowest BCUT2D eigenvalue weighted by molar-refractivity contribution is -0.131. The summed E-state index contributed by atoms with van der Waals surface area (Å²) in [6.45, 7) is 4.51. The van der Waals surface area contributed by atoms with E-state index >= 15 is 0 Å². The second-order valence-corrected chi connectivity index (χ2v) is 7.40. The van der Waals surface area contributed by atoms with Crippen LogP contribution >= 0.6 is 11.6 Å². The number of amides is 2. The highest BCUT2D eigenvalue weighted by Gasteiger charge is 2.23. The fourth-order valence-corrected chi connectivity index (χ4v) is 3.56. The molecule has 0 bridgehead atoms. The Balaban J connectivity index is 1.54. The van der Waals surface area contributed by atoms with Crippen LogP contribution in [0.2, 0.25) is 5.02 Å². The average molecular weight is 385 g/mol. The molecule has 1 fully saturated rings. The summed E-state index contributed by atoms with van der Waals surface area (Å²) in [6.07, 6.45) is 2.03. The van der Waals surface area contributed by atoms with E-state index < -0.39 is 0 Å². The molecule has 4 nitrogen and oxygen atoms in total. The number of benzene rings is 2. The zero-order valence-corrected chi connectivity index (χ0v) is 16.4. The first-order chi connectivity index (χ1) is 13.0. The van der Waals surface area contributed by atoms with Gasteiger partial charge in [0.25, 0.3) is 5.91 Å². The molecule has 27 heavy (non-hydrogen) atoms. The van der Waals surface area contributed by atoms with Gasteiger partial charge < -0.3 is 9.80 Å². The van der Waals surface area contributed by atoms with Gasteiger partial charge in [-0.1, -0.05) is 53.6 Å². The average Bonchev–Trinajstić information content (AvgIpc) is 2.93. The third-order valence-corrected chi connectivity index (χ3v) is 5.32. The SMILES string of the molecule is Cc1ccc(CCC(=O)N2CCCN(C(=O)c3ccccc3Cl)CC2)cc1. The molecule has 2 aromatic carbocycles. The molecular weight excluding hydrogens is 360 g/mol. The first kappa shape index (κ1) is 19.4. The summed E-state index contributed by atoms with van der Waals surface area (Å²) in [5, 5.41) is 0.470. The Morgan fingerprint density at radius 1 is 0.926 bits per heavy atom. The Morgan fingerprint density at radius 3 is 2.33 bits per heavy atom. The number of hydrogen-bond acceptors (Lipinski definition) is 2. The standard InChI is InChI=1S/C22H25ClN2O2/c1-17-7-9-18(10-8-17)11-12-21(26)24-13-4-14-25(16-15-24)22(27)19-5-2-3-6-20(19)23/h2-3,5-10H,4,11-16H2,1H3. The molecule has 0 spiro atoms. The van der Waals surface area contributed by atoms with Gasteiger partial charge in [0.1, 0.15) is 0 Å². The minimum atomic E-state index is -0.0606. The molecule has 5 heteroatoms. The Kier molecular flexibility index (Phi) is 6.51. The summed E-state index contributed by atoms with van der Waals surface area (Å²) in [4.78, 5) is 29.0. The van der Waals surface area contributed by atoms with Crippen molar-refractivity contribution in [2.45, 2.75) is 26.2 Å². The van der Waals surface area contributed by atoms with Gasteiger partial charge in [0.15, 0.2) is 0 Å². The van der Waals surface area contributed by atoms with Gasteiger partial charge in [0.2, 0.25) is 5.91 Å². The largest absolute Gasteiger partial charge is 0.341 e. The second kappa shape index (κ2) is 9.05. The molecule has 1 heterocycles. The summed E-state index contributed by atoms with van der Waals surface area (Å²) >= 11 is 6.16. The van der Waals surface area contributed by atoms with Crippen LogP contribution in [0.15, 0.2) is 48.5 Å². The zero-order valence-electron chi connectivity index (χ0n) is 15.7. The van der Waals surface area contributed by atoms with Crippen molar-refractivity contribution in [1.29, 1.82) is 0 Å². The summed E-state index contributed by atoms with van der Waals surface area (Å²) in [5.41, 5.74) is 2.93. The van der Waals surface area contributed by atoms with Crippen molar-refractivity contribution in [3.63, 3.8) is 0 Å². The molecule has 3 rings (SSSR count). The van der Waals surface area contributed by atoms with Crippen LogP contribution < -0.4 is 0 Å². The molecule has 0 aromatic heterocycles. The van der Waals surface area contributed by atoms with E-state index in [1.807, 2.05) is 17.0 Å². The van der Waals surface area contributed by atoms with Crippen molar-refractivity contribution in [1.82, 2.24) is 9.80 Å². The number of carbonyl (C=O) groups excluding carboxylic acids is 2. The van der Waals surface area contributed by atoms with E-state index in [0.717, 1.165) is 12.8 Å². The molecule has 1 saturated heterocycles. The lowest BCUT2D eigenvalue weighted by Gasteiger charge is -2.22. The summed E-state index contributed by atoms with van der Waals surface area (Å²) in [6, 6.07) is 15.4. The van der Waals surface area contributed by atoms with Crippen LogP contribution in [0, 0.1) is 6.92 Å². The van der Waals surface area contributed by atoms with Gasteiger partial charge in [-0.25, -0.2) is 0 Å². The molecule has 0 aliphatic carbocycles. The fourth-order valence-electron chi connectivity index (χ4n) is 3.34. The van der Waals surface area contributed by atoms with E-state index in [9.17, 15) is 9.59 Å². The van der Waals surface area contributed by atoms with Gasteiger partial charge in [-0.15, -0.1) is 0 Å². The maximum atomic E-state index is 12.7. The third kappa shape index (κ3) is 5.10. The van der Waals surface area contributed by atoms with Gasteiger partial charge in [-0.05, 0) is 37.5 Å². The van der Waals surface area contributed by atoms with E-state index in [4.69, 9.17) is 11.6 Å². The molecule has 0 N–H and O–H groups in total. The van der Waals surface area contributed by atoms with Crippen molar-refractivity contribution in [3.8, 4) is 0 Å². The summed E-state index contributed by atoms with van der Waals surface area (Å²) < 4.78 is 0. The maximum absolute atomic E-state index is 12.7. The number of aryl methyl sites for hydroxylation is 2. The smallest absolute Gasteiger partial charge is 0.255 e. The van der Waals surface area contributed by atoms with Crippen LogP contribution in [0.25, 0.3) is 0 Å². The van der Waals surface area contributed by atoms with E-state index in [1.165, 1.54) is 11.1 Å². The van der Waals surface area contributed by atoms with Crippen molar-refractivity contribution >= 4 is 23.4 Å². The monoisotopic (exact) mass is 384 g/mol. The van der Waals surface area contributed by atoms with Crippen LogP contribution in [-0.2, 0) is 11.2 Å². The lowest BCUT2D eigenvalue weighted by Crippen LogP contribution is -2.37. The molecule has 2 amide bonds. The van der Waals surface area contributed by atoms with Crippen LogP contribution in [-0.4, -0.2) is 47.8 Å². The van der Waals surface area contributed by atoms with Gasteiger partial charge in [0, 0.05) is 32.6 Å². The van der Waals surface area contributed by atoms with Gasteiger partial charge >= 0.3 is 0 Å². The first-order valence-corrected chi connectivity index (χ1v) is 9.79. The van der Waals surface area contributed by atoms with E-state index in [-0.39, 0.29) is 11.8 Å². The minimum absolute atomic E-state index is 0.0606. The number of halogens is 1. The molecule has 0 atom stereocenters. The molecule has 2 aromatic rings. The minimum Gasteiger partial charge on any atom is -0.341 e. The molecule has 0 radical (unpaired) electrons. The molecular formula is C22H25ClN2O2. The topological polar surface area (TPSA) is 40.6 Å². The number of nitrogens with zero attached hydrogens (tertiary/aromatic N) is 2. The van der Waals surface area contributed by atoms with Crippen molar-refractivity contribution in [2.75, 3.05) is 26.2 Å². The van der Waals surface area contributed by atoms with Crippen molar-refractivity contribution in [3.05, 3.63) is 70.2 Å². The quantitative estimate of drug-likeness (QED) is 0.800. The predicted molar refractivity (Wildman–Crippen MR) is 108 cm³/mol. The van der Waals surface area contributed by atoms with E-state index in [2.05, 4.69) is 31.2 Å². The molecule has 1 aliphatic rings. The van der Waals surface area contributed by atoms with Crippen molar-refractivity contribution < 1.29 is 9.59 Å². The Bertz CT molecular complexity index is 804. The third-order valence-electron chi connectivity index (χ3n) is 4.99. The molecule has 1 aliphatic heterocycles. The van der Waals surface area contributed by atoms with Gasteiger partial charge in [-0.3, -0.25) is 9.59 Å². The Morgan fingerprint density at radius 2 is 1.59 bits per heavy atom. The zero-order chi connectivity index (χ0) is 19.2. The predicted octanol–water partition coefficient (Wildman–Crippen LogP) is 3.96. The fraction of sp³-hybridized carbons (Fsp3) is 0.364. The maximum Gasteiger partial charge on any atom is 0.255 e. The Hall–Kier alpha value is -2.33. The highest BCUT2D eigenvalue weighted by molar-refractivity contribution is 6.33. The first-order valence-electron chi connectivity index (χ1n) is 9.42. The van der Waals surface area contributed by atoms with Crippen LogP contribution in [0.5, 0.6) is 0 Å². The van der Waals surface area contributed by atoms with Crippen molar-refractivity contribution in [2.24, 2.45) is 0 Å². The molecule has 142 valence electrons.